The summed E-state index contributed by atoms with van der Waals surface area (Å²) < 4.78 is 0.0805. The lowest BCUT2D eigenvalue weighted by Gasteiger charge is -2.34. The third kappa shape index (κ3) is 9.65. The lowest BCUT2D eigenvalue weighted by molar-refractivity contribution is -0.129. The summed E-state index contributed by atoms with van der Waals surface area (Å²) >= 11 is 0. The molecule has 6 heteroatoms. The van der Waals surface area contributed by atoms with Crippen molar-refractivity contribution in [3.05, 3.63) is 0 Å². The van der Waals surface area contributed by atoms with E-state index in [2.05, 4.69) is 33.0 Å². The van der Waals surface area contributed by atoms with E-state index in [0.29, 0.717) is 0 Å². The van der Waals surface area contributed by atoms with Gasteiger partial charge in [-0.2, -0.15) is 0 Å². The maximum atomic E-state index is 12.1. The molecule has 0 aromatic heterocycles. The predicted molar refractivity (Wildman–Crippen MR) is 117 cm³/mol. The summed E-state index contributed by atoms with van der Waals surface area (Å²) in [6.45, 7) is 18.8. The van der Waals surface area contributed by atoms with Crippen molar-refractivity contribution >= 4 is 33.3 Å². The van der Waals surface area contributed by atoms with Crippen molar-refractivity contribution in [1.29, 1.82) is 0 Å². The minimum atomic E-state index is -0.410. The van der Waals surface area contributed by atoms with E-state index in [-0.39, 0.29) is 33.9 Å². The van der Waals surface area contributed by atoms with Crippen molar-refractivity contribution in [2.24, 2.45) is 22.0 Å². The number of rotatable bonds is 12. The van der Waals surface area contributed by atoms with E-state index in [9.17, 15) is 9.59 Å². The van der Waals surface area contributed by atoms with Crippen LogP contribution in [0.4, 0.5) is 0 Å². The molecule has 0 aliphatic carbocycles. The normalized spacial score (nSPS) is 13.6. The molecule has 0 fully saturated rings. The van der Waals surface area contributed by atoms with E-state index in [0.717, 1.165) is 25.0 Å². The van der Waals surface area contributed by atoms with E-state index in [1.807, 2.05) is 49.3 Å². The van der Waals surface area contributed by atoms with Crippen LogP contribution in [0.1, 0.15) is 81.6 Å². The van der Waals surface area contributed by atoms with Gasteiger partial charge in [0.2, 0.25) is 5.91 Å². The fraction of sp³-hybridized carbons (Fsp3) is 0.900. The average Bonchev–Trinajstić information content (AvgIpc) is 2.44. The first-order chi connectivity index (χ1) is 11.5. The number of hydrogen-bond donors (Lipinski definition) is 2. The van der Waals surface area contributed by atoms with Crippen molar-refractivity contribution in [2.45, 2.75) is 86.3 Å². The minimum absolute atomic E-state index is 0.0149. The van der Waals surface area contributed by atoms with Gasteiger partial charge in [0.1, 0.15) is 5.78 Å². The quantitative estimate of drug-likeness (QED) is 0.353. The predicted octanol–water partition coefficient (Wildman–Crippen LogP) is 5.02. The van der Waals surface area contributed by atoms with Gasteiger partial charge >= 0.3 is 0 Å². The van der Waals surface area contributed by atoms with E-state index >= 15 is 0 Å². The average molecular weight is 405 g/mol. The van der Waals surface area contributed by atoms with E-state index in [4.69, 9.17) is 5.73 Å². The van der Waals surface area contributed by atoms with Gasteiger partial charge in [-0.05, 0) is 45.4 Å². The van der Waals surface area contributed by atoms with Crippen LogP contribution >= 0.6 is 21.6 Å². The molecule has 0 aliphatic heterocycles. The van der Waals surface area contributed by atoms with Gasteiger partial charge in [-0.25, -0.2) is 0 Å². The highest BCUT2D eigenvalue weighted by molar-refractivity contribution is 8.77. The van der Waals surface area contributed by atoms with Crippen LogP contribution in [0.3, 0.4) is 0 Å². The number of nitrogens with two attached hydrogens (primary N) is 1. The molecular formula is C20H40N2O2S2. The number of Topliss-reactive ketones (excluding diaryl/α,β-unsaturated/α-hetero) is 1. The zero-order chi connectivity index (χ0) is 20.8. The largest absolute Gasteiger partial charge is 0.343 e. The van der Waals surface area contributed by atoms with Gasteiger partial charge in [-0.1, -0.05) is 63.1 Å². The van der Waals surface area contributed by atoms with Crippen molar-refractivity contribution in [3.63, 3.8) is 0 Å². The highest BCUT2D eigenvalue weighted by atomic mass is 33.1. The molecule has 0 saturated heterocycles. The second kappa shape index (κ2) is 9.83. The van der Waals surface area contributed by atoms with Crippen molar-refractivity contribution in [3.8, 4) is 0 Å². The molecule has 1 amide bonds. The molecular weight excluding hydrogens is 364 g/mol. The van der Waals surface area contributed by atoms with Crippen molar-refractivity contribution in [1.82, 2.24) is 5.32 Å². The monoisotopic (exact) mass is 404 g/mol. The van der Waals surface area contributed by atoms with Gasteiger partial charge in [0, 0.05) is 21.3 Å². The van der Waals surface area contributed by atoms with Crippen LogP contribution in [0.5, 0.6) is 0 Å². The van der Waals surface area contributed by atoms with E-state index in [1.165, 1.54) is 0 Å². The summed E-state index contributed by atoms with van der Waals surface area (Å²) in [5.41, 5.74) is 4.83. The molecule has 0 atom stereocenters. The number of carbonyl (C=O) groups is 2. The summed E-state index contributed by atoms with van der Waals surface area (Å²) in [5.74, 6) is 1.26. The van der Waals surface area contributed by atoms with Gasteiger partial charge < -0.3 is 11.1 Å². The van der Waals surface area contributed by atoms with Crippen LogP contribution in [0, 0.1) is 16.2 Å². The Labute approximate surface area is 169 Å². The highest BCUT2D eigenvalue weighted by Crippen LogP contribution is 2.45. The number of ketones is 1. The van der Waals surface area contributed by atoms with Crippen molar-refractivity contribution in [2.75, 3.05) is 12.4 Å². The van der Waals surface area contributed by atoms with Gasteiger partial charge in [-0.15, -0.1) is 0 Å². The Morgan fingerprint density at radius 1 is 0.923 bits per heavy atom. The van der Waals surface area contributed by atoms with Crippen LogP contribution in [-0.4, -0.2) is 28.9 Å². The number of nitrogens with one attached hydrogen (secondary N) is 1. The molecule has 0 heterocycles. The Hall–Kier alpha value is -0.200. The second-order valence-corrected chi connectivity index (χ2v) is 13.0. The second-order valence-electron chi connectivity index (χ2n) is 9.98. The maximum Gasteiger partial charge on any atom is 0.226 e. The molecule has 0 aromatic rings. The molecule has 0 saturated carbocycles. The first-order valence-electron chi connectivity index (χ1n) is 9.35. The fourth-order valence-electron chi connectivity index (χ4n) is 2.82. The third-order valence-corrected chi connectivity index (χ3v) is 8.57. The molecule has 0 bridgehead atoms. The first kappa shape index (κ1) is 25.8. The molecule has 0 spiro atoms. The number of carbonyl (C=O) groups excluding carboxylic acids is 2. The van der Waals surface area contributed by atoms with Gasteiger partial charge in [-0.3, -0.25) is 9.59 Å². The Kier molecular flexibility index (Phi) is 9.76. The third-order valence-electron chi connectivity index (χ3n) is 4.84. The summed E-state index contributed by atoms with van der Waals surface area (Å²) in [5, 5.41) is 2.72. The summed E-state index contributed by atoms with van der Waals surface area (Å²) in [4.78, 5) is 23.9. The van der Waals surface area contributed by atoms with Crippen LogP contribution < -0.4 is 11.1 Å². The van der Waals surface area contributed by atoms with Gasteiger partial charge in [0.25, 0.3) is 0 Å². The topological polar surface area (TPSA) is 72.2 Å². The van der Waals surface area contributed by atoms with Crippen molar-refractivity contribution < 1.29 is 9.59 Å². The highest BCUT2D eigenvalue weighted by Gasteiger charge is 2.34. The van der Waals surface area contributed by atoms with E-state index < -0.39 is 5.41 Å². The Bertz CT molecular complexity index is 486. The standard InChI is InChI=1S/C20H40N2O2S2/c1-15(23)19(6,7)12-17(2,3)13-25-26-20(8,9)11-10-18(4,5)16(24)22-14-21/h10-14,21H2,1-9H3,(H,22,24). The number of hydrogen-bond acceptors (Lipinski definition) is 5. The molecule has 3 N–H and O–H groups in total. The van der Waals surface area contributed by atoms with Crippen LogP contribution in [0.2, 0.25) is 0 Å². The molecule has 26 heavy (non-hydrogen) atoms. The molecule has 0 aromatic carbocycles. The smallest absolute Gasteiger partial charge is 0.226 e. The molecule has 0 rings (SSSR count). The first-order valence-corrected chi connectivity index (χ1v) is 11.7. The lowest BCUT2D eigenvalue weighted by atomic mass is 9.74. The summed E-state index contributed by atoms with van der Waals surface area (Å²) in [7, 11) is 3.75. The van der Waals surface area contributed by atoms with Crippen LogP contribution in [0.15, 0.2) is 0 Å². The minimum Gasteiger partial charge on any atom is -0.343 e. The molecule has 0 radical (unpaired) electrons. The Balaban J connectivity index is 4.52. The number of amides is 1. The SMILES string of the molecule is CC(=O)C(C)(C)CC(C)(C)CSSC(C)(C)CCC(C)(C)C(=O)NCN. The molecule has 0 unspecified atom stereocenters. The Morgan fingerprint density at radius 2 is 1.46 bits per heavy atom. The molecule has 0 aliphatic rings. The van der Waals surface area contributed by atoms with E-state index in [1.54, 1.807) is 6.92 Å². The zero-order valence-corrected chi connectivity index (χ0v) is 19.9. The maximum absolute atomic E-state index is 12.1. The van der Waals surface area contributed by atoms with Gasteiger partial charge in [0.05, 0.1) is 6.67 Å². The molecule has 154 valence electrons. The summed E-state index contributed by atoms with van der Waals surface area (Å²) in [6.07, 6.45) is 2.66. The Morgan fingerprint density at radius 3 is 1.92 bits per heavy atom. The lowest BCUT2D eigenvalue weighted by Crippen LogP contribution is -2.40. The van der Waals surface area contributed by atoms with Crippen LogP contribution in [-0.2, 0) is 9.59 Å². The van der Waals surface area contributed by atoms with Crippen LogP contribution in [0.25, 0.3) is 0 Å². The summed E-state index contributed by atoms with van der Waals surface area (Å²) in [6, 6.07) is 0. The fourth-order valence-corrected chi connectivity index (χ4v) is 6.15. The molecule has 4 nitrogen and oxygen atoms in total. The van der Waals surface area contributed by atoms with Gasteiger partial charge in [0.15, 0.2) is 0 Å². The zero-order valence-electron chi connectivity index (χ0n) is 18.2.